The predicted octanol–water partition coefficient (Wildman–Crippen LogP) is 2.53. The predicted molar refractivity (Wildman–Crippen MR) is 73.3 cm³/mol. The van der Waals surface area contributed by atoms with Gasteiger partial charge >= 0.3 is 0 Å². The van der Waals surface area contributed by atoms with Gasteiger partial charge in [0.2, 0.25) is 0 Å². The topological polar surface area (TPSA) is 38.1 Å². The van der Waals surface area contributed by atoms with Crippen LogP contribution >= 0.6 is 0 Å². The number of hydrogen-bond donors (Lipinski definition) is 0. The molecule has 2 fully saturated rings. The molecule has 1 amide bonds. The molecular formula is C15H17N3O. The molecule has 0 spiro atoms. The molecule has 0 bridgehead atoms. The Hall–Kier alpha value is -1.84. The average Bonchev–Trinajstić information content (AvgIpc) is 3.09. The maximum atomic E-state index is 12.2. The van der Waals surface area contributed by atoms with Crippen molar-refractivity contribution in [2.24, 2.45) is 0 Å². The van der Waals surface area contributed by atoms with Crippen LogP contribution in [0.4, 0.5) is 0 Å². The van der Waals surface area contributed by atoms with E-state index in [4.69, 9.17) is 0 Å². The van der Waals surface area contributed by atoms with E-state index in [2.05, 4.69) is 22.5 Å². The molecule has 0 unspecified atom stereocenters. The normalized spacial score (nSPS) is 18.7. The number of likely N-dealkylation sites (tertiary alicyclic amines) is 1. The first-order valence-electron chi connectivity index (χ1n) is 7.02. The molecule has 4 rings (SSSR count). The molecule has 1 aromatic heterocycles. The van der Waals surface area contributed by atoms with Crippen LogP contribution in [0.25, 0.3) is 11.0 Å². The number of amides is 1. The van der Waals surface area contributed by atoms with E-state index in [1.54, 1.807) is 0 Å². The number of nitrogens with zero attached hydrogens (tertiary/aromatic N) is 3. The van der Waals surface area contributed by atoms with Crippen LogP contribution in [-0.2, 0) is 0 Å². The Morgan fingerprint density at radius 2 is 2.11 bits per heavy atom. The van der Waals surface area contributed by atoms with Gasteiger partial charge in [-0.05, 0) is 44.4 Å². The molecule has 4 nitrogen and oxygen atoms in total. The van der Waals surface area contributed by atoms with Gasteiger partial charge in [0.1, 0.15) is 5.82 Å². The van der Waals surface area contributed by atoms with Crippen LogP contribution in [0.3, 0.4) is 0 Å². The van der Waals surface area contributed by atoms with Crippen LogP contribution in [0.1, 0.15) is 41.5 Å². The van der Waals surface area contributed by atoms with Gasteiger partial charge in [-0.15, -0.1) is 0 Å². The number of carbonyl (C=O) groups is 1. The second kappa shape index (κ2) is 3.83. The van der Waals surface area contributed by atoms with Crippen molar-refractivity contribution in [1.82, 2.24) is 14.5 Å². The van der Waals surface area contributed by atoms with Crippen LogP contribution < -0.4 is 0 Å². The lowest BCUT2D eigenvalue weighted by atomic mass is 10.1. The molecule has 0 N–H and O–H groups in total. The Bertz CT molecular complexity index is 665. The fraction of sp³-hybridized carbons (Fsp3) is 0.467. The number of fused-ring (bicyclic) bond motifs is 1. The number of carbonyl (C=O) groups excluding carboxylic acids is 1. The number of imidazole rings is 1. The molecule has 1 aromatic carbocycles. The molecule has 2 aromatic rings. The third kappa shape index (κ3) is 1.66. The van der Waals surface area contributed by atoms with Crippen LogP contribution in [0.15, 0.2) is 18.2 Å². The Balaban J connectivity index is 1.77. The zero-order chi connectivity index (χ0) is 13.0. The highest BCUT2D eigenvalue weighted by Gasteiger charge is 2.27. The monoisotopic (exact) mass is 255 g/mol. The van der Waals surface area contributed by atoms with Gasteiger partial charge in [-0.3, -0.25) is 4.79 Å². The maximum absolute atomic E-state index is 12.2. The first kappa shape index (κ1) is 11.0. The number of aromatic nitrogens is 2. The average molecular weight is 255 g/mol. The van der Waals surface area contributed by atoms with E-state index in [1.165, 1.54) is 18.4 Å². The molecule has 4 heteroatoms. The van der Waals surface area contributed by atoms with Gasteiger partial charge in [0.25, 0.3) is 5.91 Å². The summed E-state index contributed by atoms with van der Waals surface area (Å²) in [6.07, 6.45) is 3.63. The first-order valence-corrected chi connectivity index (χ1v) is 7.02. The fourth-order valence-electron chi connectivity index (χ4n) is 2.85. The number of rotatable bonds is 2. The van der Waals surface area contributed by atoms with E-state index in [0.717, 1.165) is 36.4 Å². The minimum absolute atomic E-state index is 0.145. The summed E-state index contributed by atoms with van der Waals surface area (Å²) >= 11 is 0. The lowest BCUT2D eigenvalue weighted by molar-refractivity contribution is 0.0652. The summed E-state index contributed by atoms with van der Waals surface area (Å²) in [6, 6.07) is 6.58. The largest absolute Gasteiger partial charge is 0.339 e. The van der Waals surface area contributed by atoms with Crippen molar-refractivity contribution >= 4 is 16.9 Å². The van der Waals surface area contributed by atoms with Gasteiger partial charge in [-0.2, -0.15) is 0 Å². The molecule has 2 aliphatic rings. The van der Waals surface area contributed by atoms with Crippen LogP contribution in [0, 0.1) is 6.92 Å². The minimum Gasteiger partial charge on any atom is -0.339 e. The zero-order valence-electron chi connectivity index (χ0n) is 11.1. The van der Waals surface area contributed by atoms with Crippen molar-refractivity contribution < 1.29 is 4.79 Å². The van der Waals surface area contributed by atoms with E-state index in [-0.39, 0.29) is 5.91 Å². The smallest absolute Gasteiger partial charge is 0.253 e. The van der Waals surface area contributed by atoms with Crippen molar-refractivity contribution in [2.45, 2.75) is 32.2 Å². The van der Waals surface area contributed by atoms with E-state index in [0.29, 0.717) is 6.04 Å². The second-order valence-electron chi connectivity index (χ2n) is 5.61. The number of hydrogen-bond acceptors (Lipinski definition) is 2. The lowest BCUT2D eigenvalue weighted by Gasteiger charge is -2.30. The van der Waals surface area contributed by atoms with E-state index >= 15 is 0 Å². The standard InChI is InChI=1S/C15H17N3O/c1-10-16-13-9-11(15(19)17-7-2-8-17)3-6-14(13)18(10)12-4-5-12/h3,6,9,12H,2,4-5,7-8H2,1H3. The Labute approximate surface area is 112 Å². The molecule has 0 atom stereocenters. The van der Waals surface area contributed by atoms with Crippen molar-refractivity contribution in [3.8, 4) is 0 Å². The highest BCUT2D eigenvalue weighted by molar-refractivity contribution is 5.97. The van der Waals surface area contributed by atoms with Crippen molar-refractivity contribution in [2.75, 3.05) is 13.1 Å². The molecule has 0 radical (unpaired) electrons. The quantitative estimate of drug-likeness (QED) is 0.827. The van der Waals surface area contributed by atoms with Gasteiger partial charge in [-0.25, -0.2) is 4.98 Å². The van der Waals surface area contributed by atoms with Gasteiger partial charge in [-0.1, -0.05) is 0 Å². The molecule has 98 valence electrons. The molecular weight excluding hydrogens is 238 g/mol. The van der Waals surface area contributed by atoms with Gasteiger partial charge in [0, 0.05) is 24.7 Å². The van der Waals surface area contributed by atoms with Crippen molar-refractivity contribution in [3.63, 3.8) is 0 Å². The van der Waals surface area contributed by atoms with Gasteiger partial charge in [0.05, 0.1) is 11.0 Å². The summed E-state index contributed by atoms with van der Waals surface area (Å²) in [6.45, 7) is 3.84. The summed E-state index contributed by atoms with van der Waals surface area (Å²) in [5, 5.41) is 0. The molecule has 1 aliphatic carbocycles. The molecule has 1 saturated heterocycles. The Morgan fingerprint density at radius 1 is 1.32 bits per heavy atom. The van der Waals surface area contributed by atoms with Gasteiger partial charge < -0.3 is 9.47 Å². The summed E-state index contributed by atoms with van der Waals surface area (Å²) in [5.41, 5.74) is 2.89. The Kier molecular flexibility index (Phi) is 2.22. The summed E-state index contributed by atoms with van der Waals surface area (Å²) in [4.78, 5) is 18.7. The molecule has 2 heterocycles. The summed E-state index contributed by atoms with van der Waals surface area (Å²) in [5.74, 6) is 1.21. The SMILES string of the molecule is Cc1nc2cc(C(=O)N3CCC3)ccc2n1C1CC1. The minimum atomic E-state index is 0.145. The van der Waals surface area contributed by atoms with E-state index in [9.17, 15) is 4.79 Å². The molecule has 1 aliphatic heterocycles. The maximum Gasteiger partial charge on any atom is 0.253 e. The summed E-state index contributed by atoms with van der Waals surface area (Å²) < 4.78 is 2.31. The highest BCUT2D eigenvalue weighted by atomic mass is 16.2. The first-order chi connectivity index (χ1) is 9.24. The third-order valence-corrected chi connectivity index (χ3v) is 4.17. The van der Waals surface area contributed by atoms with E-state index in [1.807, 2.05) is 17.0 Å². The summed E-state index contributed by atoms with van der Waals surface area (Å²) in [7, 11) is 0. The fourth-order valence-corrected chi connectivity index (χ4v) is 2.85. The highest BCUT2D eigenvalue weighted by Crippen LogP contribution is 2.38. The van der Waals surface area contributed by atoms with E-state index < -0.39 is 0 Å². The number of aryl methyl sites for hydroxylation is 1. The van der Waals surface area contributed by atoms with Crippen LogP contribution in [0.5, 0.6) is 0 Å². The van der Waals surface area contributed by atoms with Crippen LogP contribution in [0.2, 0.25) is 0 Å². The molecule has 1 saturated carbocycles. The molecule has 19 heavy (non-hydrogen) atoms. The second-order valence-corrected chi connectivity index (χ2v) is 5.61. The van der Waals surface area contributed by atoms with Crippen LogP contribution in [-0.4, -0.2) is 33.4 Å². The van der Waals surface area contributed by atoms with Gasteiger partial charge in [0.15, 0.2) is 0 Å². The zero-order valence-corrected chi connectivity index (χ0v) is 11.1. The lowest BCUT2D eigenvalue weighted by Crippen LogP contribution is -2.41. The van der Waals surface area contributed by atoms with Crippen molar-refractivity contribution in [3.05, 3.63) is 29.6 Å². The number of benzene rings is 1. The third-order valence-electron chi connectivity index (χ3n) is 4.17. The Morgan fingerprint density at radius 3 is 2.74 bits per heavy atom. The van der Waals surface area contributed by atoms with Crippen molar-refractivity contribution in [1.29, 1.82) is 0 Å².